The molecule has 1 nitrogen and oxygen atoms in total. The molecule has 0 saturated carbocycles. The highest BCUT2D eigenvalue weighted by molar-refractivity contribution is 8.02. The number of hydrogen-bond acceptors (Lipinski definition) is 2. The van der Waals surface area contributed by atoms with E-state index in [9.17, 15) is 0 Å². The zero-order chi connectivity index (χ0) is 5.11. The van der Waals surface area contributed by atoms with Crippen molar-refractivity contribution < 1.29 is 5.11 Å². The van der Waals surface area contributed by atoms with Crippen LogP contribution >= 0.6 is 11.8 Å². The Kier molecular flexibility index (Phi) is 2.00. The van der Waals surface area contributed by atoms with Gasteiger partial charge in [0.1, 0.15) is 0 Å². The van der Waals surface area contributed by atoms with Gasteiger partial charge in [0.2, 0.25) is 0 Å². The summed E-state index contributed by atoms with van der Waals surface area (Å²) in [4.78, 5) is 0. The number of aliphatic hydroxyl groups is 1. The van der Waals surface area contributed by atoms with Crippen LogP contribution in [-0.2, 0) is 0 Å². The van der Waals surface area contributed by atoms with E-state index in [1.165, 1.54) is 5.75 Å². The molecule has 7 heavy (non-hydrogen) atoms. The van der Waals surface area contributed by atoms with Crippen molar-refractivity contribution in [3.63, 3.8) is 0 Å². The Labute approximate surface area is 48.1 Å². The van der Waals surface area contributed by atoms with Crippen molar-refractivity contribution in [2.24, 2.45) is 5.92 Å². The lowest BCUT2D eigenvalue weighted by atomic mass is 10.1. The van der Waals surface area contributed by atoms with Crippen LogP contribution in [0.3, 0.4) is 0 Å². The molecule has 0 aromatic heterocycles. The van der Waals surface area contributed by atoms with Crippen molar-refractivity contribution in [2.75, 3.05) is 12.4 Å². The van der Waals surface area contributed by atoms with E-state index in [0.717, 1.165) is 12.3 Å². The van der Waals surface area contributed by atoms with Gasteiger partial charge in [0.05, 0.1) is 0 Å². The summed E-state index contributed by atoms with van der Waals surface area (Å²) in [6.45, 7) is 0.349. The Morgan fingerprint density at radius 2 is 2.57 bits per heavy atom. The van der Waals surface area contributed by atoms with Gasteiger partial charge in [-0.3, -0.25) is 0 Å². The molecule has 1 atom stereocenters. The predicted octanol–water partition coefficient (Wildman–Crippen LogP) is 0.894. The Bertz CT molecular complexity index is 52.0. The minimum atomic E-state index is 0.349. The predicted molar refractivity (Wildman–Crippen MR) is 32.0 cm³/mol. The van der Waals surface area contributed by atoms with Crippen LogP contribution in [0.4, 0.5) is 0 Å². The van der Waals surface area contributed by atoms with Gasteiger partial charge in [-0.05, 0) is 18.1 Å². The second-order valence-corrected chi connectivity index (χ2v) is 2.68. The Morgan fingerprint density at radius 3 is 2.71 bits per heavy atom. The molecule has 0 spiro atoms. The Hall–Kier alpha value is 0.310. The maximum Gasteiger partial charge on any atom is 0.0434 e. The van der Waals surface area contributed by atoms with E-state index in [2.05, 4.69) is 5.75 Å². The fourth-order valence-electron chi connectivity index (χ4n) is 0.550. The molecule has 1 N–H and O–H groups in total. The van der Waals surface area contributed by atoms with Gasteiger partial charge in [-0.2, -0.15) is 11.8 Å². The minimum Gasteiger partial charge on any atom is -0.396 e. The third kappa shape index (κ3) is 1.35. The van der Waals surface area contributed by atoms with Gasteiger partial charge in [0.15, 0.2) is 0 Å². The molecule has 1 saturated heterocycles. The van der Waals surface area contributed by atoms with Crippen molar-refractivity contribution in [3.05, 3.63) is 5.75 Å². The summed E-state index contributed by atoms with van der Waals surface area (Å²) in [7, 11) is 0. The molecular formula is C5H9OS. The van der Waals surface area contributed by atoms with Crippen LogP contribution in [-0.4, -0.2) is 17.5 Å². The summed E-state index contributed by atoms with van der Waals surface area (Å²) in [5, 5.41) is 8.37. The standard InChI is InChI=1S/C5H9OS/c6-2-1-5-3-7-4-5/h3,5-6H,1-2,4H2. The number of rotatable bonds is 2. The second kappa shape index (κ2) is 2.58. The molecule has 0 aromatic rings. The van der Waals surface area contributed by atoms with Crippen molar-refractivity contribution in [1.29, 1.82) is 0 Å². The quantitative estimate of drug-likeness (QED) is 0.579. The Morgan fingerprint density at radius 1 is 1.86 bits per heavy atom. The first-order chi connectivity index (χ1) is 3.43. The SMILES string of the molecule is OCCC1[CH]SC1. The first-order valence-corrected chi connectivity index (χ1v) is 3.54. The van der Waals surface area contributed by atoms with Gasteiger partial charge in [-0.25, -0.2) is 0 Å². The molecule has 2 heteroatoms. The monoisotopic (exact) mass is 117 g/mol. The fraction of sp³-hybridized carbons (Fsp3) is 0.800. The first-order valence-electron chi connectivity index (χ1n) is 2.49. The zero-order valence-corrected chi connectivity index (χ0v) is 4.95. The van der Waals surface area contributed by atoms with E-state index in [-0.39, 0.29) is 0 Å². The number of hydrogen-bond donors (Lipinski definition) is 1. The van der Waals surface area contributed by atoms with Gasteiger partial charge in [-0.15, -0.1) is 0 Å². The van der Waals surface area contributed by atoms with Crippen LogP contribution in [0.15, 0.2) is 0 Å². The maximum atomic E-state index is 8.37. The molecule has 1 unspecified atom stereocenters. The Balaban J connectivity index is 1.93. The summed E-state index contributed by atoms with van der Waals surface area (Å²) >= 11 is 1.85. The second-order valence-electron chi connectivity index (χ2n) is 1.74. The van der Waals surface area contributed by atoms with E-state index >= 15 is 0 Å². The van der Waals surface area contributed by atoms with Gasteiger partial charge in [-0.1, -0.05) is 0 Å². The van der Waals surface area contributed by atoms with Crippen molar-refractivity contribution in [3.8, 4) is 0 Å². The maximum absolute atomic E-state index is 8.37. The summed E-state index contributed by atoms with van der Waals surface area (Å²) in [6, 6.07) is 0. The average Bonchev–Trinajstić information content (AvgIpc) is 1.55. The molecule has 1 fully saturated rings. The highest BCUT2D eigenvalue weighted by Crippen LogP contribution is 2.31. The summed E-state index contributed by atoms with van der Waals surface area (Å²) in [5.74, 6) is 4.13. The molecule has 1 aliphatic rings. The summed E-state index contributed by atoms with van der Waals surface area (Å²) < 4.78 is 0. The topological polar surface area (TPSA) is 20.2 Å². The minimum absolute atomic E-state index is 0.349. The molecule has 0 aliphatic carbocycles. The van der Waals surface area contributed by atoms with E-state index in [1.54, 1.807) is 0 Å². The van der Waals surface area contributed by atoms with Gasteiger partial charge in [0, 0.05) is 12.4 Å². The van der Waals surface area contributed by atoms with Crippen molar-refractivity contribution in [2.45, 2.75) is 6.42 Å². The average molecular weight is 117 g/mol. The molecule has 1 rings (SSSR count). The molecule has 1 aliphatic heterocycles. The molecule has 0 bridgehead atoms. The largest absolute Gasteiger partial charge is 0.396 e. The molecule has 0 amide bonds. The van der Waals surface area contributed by atoms with Gasteiger partial charge < -0.3 is 5.11 Å². The fourth-order valence-corrected chi connectivity index (χ4v) is 1.32. The zero-order valence-electron chi connectivity index (χ0n) is 4.13. The highest BCUT2D eigenvalue weighted by Gasteiger charge is 2.16. The number of aliphatic hydroxyl groups excluding tert-OH is 1. The lowest BCUT2D eigenvalue weighted by Crippen LogP contribution is -2.13. The molecule has 1 heterocycles. The van der Waals surface area contributed by atoms with Gasteiger partial charge >= 0.3 is 0 Å². The normalized spacial score (nSPS) is 21.9. The molecule has 41 valence electrons. The van der Waals surface area contributed by atoms with E-state index in [0.29, 0.717) is 6.61 Å². The van der Waals surface area contributed by atoms with Crippen molar-refractivity contribution >= 4 is 11.8 Å². The van der Waals surface area contributed by atoms with Gasteiger partial charge in [0.25, 0.3) is 0 Å². The lowest BCUT2D eigenvalue weighted by molar-refractivity contribution is 0.272. The van der Waals surface area contributed by atoms with E-state index in [1.807, 2.05) is 11.8 Å². The highest BCUT2D eigenvalue weighted by atomic mass is 32.2. The molecular weight excluding hydrogens is 108 g/mol. The van der Waals surface area contributed by atoms with E-state index in [4.69, 9.17) is 5.11 Å². The third-order valence-corrected chi connectivity index (χ3v) is 2.30. The first kappa shape index (κ1) is 5.45. The van der Waals surface area contributed by atoms with Crippen LogP contribution in [0.5, 0.6) is 0 Å². The van der Waals surface area contributed by atoms with Crippen LogP contribution in [0.1, 0.15) is 6.42 Å². The van der Waals surface area contributed by atoms with Crippen LogP contribution in [0.2, 0.25) is 0 Å². The summed E-state index contributed by atoms with van der Waals surface area (Å²) in [5.41, 5.74) is 0. The van der Waals surface area contributed by atoms with Crippen LogP contribution in [0, 0.1) is 11.7 Å². The molecule has 0 aromatic carbocycles. The van der Waals surface area contributed by atoms with Crippen LogP contribution in [0.25, 0.3) is 0 Å². The summed E-state index contributed by atoms with van der Waals surface area (Å²) in [6.07, 6.45) is 0.965. The van der Waals surface area contributed by atoms with Crippen LogP contribution < -0.4 is 0 Å². The van der Waals surface area contributed by atoms with Crippen molar-refractivity contribution in [1.82, 2.24) is 0 Å². The number of thioether (sulfide) groups is 1. The van der Waals surface area contributed by atoms with E-state index < -0.39 is 0 Å². The molecule has 1 radical (unpaired) electrons. The lowest BCUT2D eigenvalue weighted by Gasteiger charge is -2.22. The smallest absolute Gasteiger partial charge is 0.0434 e. The third-order valence-electron chi connectivity index (χ3n) is 1.10.